The Morgan fingerprint density at radius 1 is 1.00 bits per heavy atom. The smallest absolute Gasteiger partial charge is 0.315 e. The van der Waals surface area contributed by atoms with Gasteiger partial charge in [-0.3, -0.25) is 14.5 Å². The minimum absolute atomic E-state index is 0.0567. The van der Waals surface area contributed by atoms with E-state index in [0.717, 1.165) is 17.7 Å². The number of pyridine rings is 1. The first kappa shape index (κ1) is 28.9. The van der Waals surface area contributed by atoms with Crippen LogP contribution in [0.25, 0.3) is 0 Å². The van der Waals surface area contributed by atoms with Crippen molar-refractivity contribution in [3.8, 4) is 0 Å². The zero-order valence-corrected chi connectivity index (χ0v) is 21.3. The van der Waals surface area contributed by atoms with Crippen LogP contribution < -0.4 is 5.56 Å². The number of urea groups is 1. The maximum Gasteiger partial charge on any atom is 0.327 e. The molecule has 0 aromatic carbocycles. The van der Waals surface area contributed by atoms with Crippen molar-refractivity contribution in [1.29, 1.82) is 0 Å². The number of carbonyl (C=O) groups is 2. The van der Waals surface area contributed by atoms with Crippen LogP contribution in [0.3, 0.4) is 0 Å². The second-order valence-electron chi connectivity index (χ2n) is 8.36. The highest BCUT2D eigenvalue weighted by Gasteiger charge is 2.40. The van der Waals surface area contributed by atoms with E-state index in [-0.39, 0.29) is 23.9 Å². The number of hydrogen-bond donors (Lipinski definition) is 0. The van der Waals surface area contributed by atoms with Crippen molar-refractivity contribution in [2.45, 2.75) is 99.6 Å². The third kappa shape index (κ3) is 7.82. The zero-order valence-electron chi connectivity index (χ0n) is 21.3. The Balaban J connectivity index is 0.00000212. The van der Waals surface area contributed by atoms with Crippen LogP contribution in [0.2, 0.25) is 0 Å². The Kier molecular flexibility index (Phi) is 13.1. The van der Waals surface area contributed by atoms with Gasteiger partial charge in [-0.15, -0.1) is 0 Å². The minimum Gasteiger partial charge on any atom is -0.315 e. The summed E-state index contributed by atoms with van der Waals surface area (Å²) in [6.45, 7) is 17.2. The topological polar surface area (TPSA) is 62.6 Å². The van der Waals surface area contributed by atoms with Gasteiger partial charge in [0.25, 0.3) is 5.56 Å². The van der Waals surface area contributed by atoms with Crippen molar-refractivity contribution >= 4 is 11.9 Å². The molecule has 0 aliphatic carbocycles. The highest BCUT2D eigenvalue weighted by atomic mass is 16.2. The molecule has 0 bridgehead atoms. The number of aryl methyl sites for hydroxylation is 1. The Labute approximate surface area is 189 Å². The van der Waals surface area contributed by atoms with E-state index in [1.54, 1.807) is 15.5 Å². The number of aromatic nitrogens is 1. The van der Waals surface area contributed by atoms with E-state index in [1.807, 2.05) is 53.8 Å². The van der Waals surface area contributed by atoms with Crippen molar-refractivity contribution in [2.24, 2.45) is 5.92 Å². The quantitative estimate of drug-likeness (QED) is 0.497. The van der Waals surface area contributed by atoms with E-state index in [4.69, 9.17) is 0 Å². The van der Waals surface area contributed by atoms with Crippen molar-refractivity contribution in [3.05, 3.63) is 34.2 Å². The van der Waals surface area contributed by atoms with E-state index in [2.05, 4.69) is 13.8 Å². The second kappa shape index (κ2) is 14.0. The third-order valence-electron chi connectivity index (χ3n) is 5.48. The van der Waals surface area contributed by atoms with Crippen LogP contribution in [0.15, 0.2) is 23.1 Å². The minimum atomic E-state index is -0.774. The van der Waals surface area contributed by atoms with Crippen molar-refractivity contribution < 1.29 is 9.59 Å². The van der Waals surface area contributed by atoms with Crippen LogP contribution in [0, 0.1) is 5.92 Å². The fourth-order valence-electron chi connectivity index (χ4n) is 3.61. The summed E-state index contributed by atoms with van der Waals surface area (Å²) in [5.74, 6) is 0.530. The first-order valence-corrected chi connectivity index (χ1v) is 11.9. The average Bonchev–Trinajstić information content (AvgIpc) is 2.75. The number of nitrogens with zero attached hydrogens (tertiary/aromatic N) is 3. The van der Waals surface area contributed by atoms with Gasteiger partial charge in [0.05, 0.1) is 5.54 Å². The van der Waals surface area contributed by atoms with Gasteiger partial charge in [0.15, 0.2) is 0 Å². The van der Waals surface area contributed by atoms with Crippen molar-refractivity contribution in [3.63, 3.8) is 0 Å². The second-order valence-corrected chi connectivity index (χ2v) is 8.36. The molecule has 0 saturated carbocycles. The standard InChI is InChI=1S/C21H33N3O3.2C2H6/c1-16(2)10-7-6-8-13-23-14-9-11-17(19(23)26)21(3,4)24-15-12-18(25)22(5)20(24)27;2*1-2/h9,11,14,16H,6-8,10,12-13,15H2,1-5H3;2*1-2H3. The Hall–Kier alpha value is -2.11. The van der Waals surface area contributed by atoms with Crippen LogP contribution in [-0.4, -0.2) is 39.9 Å². The first-order valence-electron chi connectivity index (χ1n) is 11.9. The molecular formula is C25H45N3O3. The van der Waals surface area contributed by atoms with E-state index >= 15 is 0 Å². The van der Waals surface area contributed by atoms with Gasteiger partial charge in [0.1, 0.15) is 0 Å². The molecule has 0 unspecified atom stereocenters. The predicted molar refractivity (Wildman–Crippen MR) is 129 cm³/mol. The molecule has 1 fully saturated rings. The molecule has 0 radical (unpaired) electrons. The molecule has 0 N–H and O–H groups in total. The molecule has 6 nitrogen and oxygen atoms in total. The largest absolute Gasteiger partial charge is 0.327 e. The normalized spacial score (nSPS) is 14.1. The van der Waals surface area contributed by atoms with Crippen molar-refractivity contribution in [1.82, 2.24) is 14.4 Å². The molecule has 0 atom stereocenters. The van der Waals surface area contributed by atoms with Crippen LogP contribution in [-0.2, 0) is 16.9 Å². The number of rotatable bonds is 8. The highest BCUT2D eigenvalue weighted by molar-refractivity contribution is 5.96. The summed E-state index contributed by atoms with van der Waals surface area (Å²) in [5, 5.41) is 0. The number of hydrogen-bond acceptors (Lipinski definition) is 3. The molecule has 178 valence electrons. The van der Waals surface area contributed by atoms with Gasteiger partial charge in [0.2, 0.25) is 5.91 Å². The molecule has 1 saturated heterocycles. The molecule has 1 aromatic heterocycles. The lowest BCUT2D eigenvalue weighted by Gasteiger charge is -2.42. The van der Waals surface area contributed by atoms with E-state index < -0.39 is 5.54 Å². The monoisotopic (exact) mass is 435 g/mol. The fourth-order valence-corrected chi connectivity index (χ4v) is 3.61. The zero-order chi connectivity index (χ0) is 24.2. The SMILES string of the molecule is CC.CC.CC(C)CCCCCn1cccc(C(C)(C)N2CCC(=O)N(C)C2=O)c1=O. The molecule has 6 heteroatoms. The summed E-state index contributed by atoms with van der Waals surface area (Å²) >= 11 is 0. The van der Waals surface area contributed by atoms with Gasteiger partial charge >= 0.3 is 6.03 Å². The molecular weight excluding hydrogens is 390 g/mol. The van der Waals surface area contributed by atoms with Gasteiger partial charge in [-0.1, -0.05) is 60.8 Å². The maximum absolute atomic E-state index is 13.0. The summed E-state index contributed by atoms with van der Waals surface area (Å²) in [7, 11) is 1.49. The van der Waals surface area contributed by atoms with Gasteiger partial charge in [-0.2, -0.15) is 0 Å². The molecule has 1 aliphatic rings. The van der Waals surface area contributed by atoms with Crippen molar-refractivity contribution in [2.75, 3.05) is 13.6 Å². The van der Waals surface area contributed by atoms with Crippen LogP contribution in [0.4, 0.5) is 4.79 Å². The number of unbranched alkanes of at least 4 members (excludes halogenated alkanes) is 2. The lowest BCUT2D eigenvalue weighted by molar-refractivity contribution is -0.130. The first-order chi connectivity index (χ1) is 14.7. The van der Waals surface area contributed by atoms with Crippen LogP contribution in [0.1, 0.15) is 93.1 Å². The summed E-state index contributed by atoms with van der Waals surface area (Å²) in [6.07, 6.45) is 6.57. The molecule has 1 aliphatic heterocycles. The Morgan fingerprint density at radius 3 is 2.19 bits per heavy atom. The highest BCUT2D eigenvalue weighted by Crippen LogP contribution is 2.28. The number of imide groups is 1. The molecule has 2 rings (SSSR count). The van der Waals surface area contributed by atoms with Gasteiger partial charge in [-0.05, 0) is 38.3 Å². The fraction of sp³-hybridized carbons (Fsp3) is 0.720. The third-order valence-corrected chi connectivity index (χ3v) is 5.48. The predicted octanol–water partition coefficient (Wildman–Crippen LogP) is 5.64. The van der Waals surface area contributed by atoms with Crippen LogP contribution in [0.5, 0.6) is 0 Å². The molecule has 0 spiro atoms. The Morgan fingerprint density at radius 2 is 1.61 bits per heavy atom. The van der Waals surface area contributed by atoms with E-state index in [0.29, 0.717) is 24.6 Å². The molecule has 1 aromatic rings. The molecule has 2 heterocycles. The Bertz CT molecular complexity index is 738. The molecule has 3 amide bonds. The summed E-state index contributed by atoms with van der Waals surface area (Å²) in [6, 6.07) is 3.32. The summed E-state index contributed by atoms with van der Waals surface area (Å²) in [5.41, 5.74) is -0.244. The van der Waals surface area contributed by atoms with E-state index in [1.165, 1.54) is 19.9 Å². The van der Waals surface area contributed by atoms with Gasteiger partial charge < -0.3 is 9.47 Å². The average molecular weight is 436 g/mol. The summed E-state index contributed by atoms with van der Waals surface area (Å²) in [4.78, 5) is 40.1. The lowest BCUT2D eigenvalue weighted by atomic mass is 9.92. The maximum atomic E-state index is 13.0. The number of carbonyl (C=O) groups excluding carboxylic acids is 2. The van der Waals surface area contributed by atoms with E-state index in [9.17, 15) is 14.4 Å². The summed E-state index contributed by atoms with van der Waals surface area (Å²) < 4.78 is 1.75. The van der Waals surface area contributed by atoms with Gasteiger partial charge in [0, 0.05) is 38.3 Å². The molecule has 31 heavy (non-hydrogen) atoms. The lowest BCUT2D eigenvalue weighted by Crippen LogP contribution is -2.58. The number of amides is 3. The van der Waals surface area contributed by atoms with Crippen LogP contribution >= 0.6 is 0 Å². The van der Waals surface area contributed by atoms with Gasteiger partial charge in [-0.25, -0.2) is 4.79 Å².